The number of nitrogens with one attached hydrogen (secondary N) is 1. The molecule has 1 aromatic rings. The zero-order valence-corrected chi connectivity index (χ0v) is 14.5. The molecule has 0 saturated heterocycles. The summed E-state index contributed by atoms with van der Waals surface area (Å²) in [5, 5.41) is 14.1. The van der Waals surface area contributed by atoms with Gasteiger partial charge in [-0.15, -0.1) is 0 Å². The second-order valence-electron chi connectivity index (χ2n) is 7.12. The van der Waals surface area contributed by atoms with Gasteiger partial charge in [0.05, 0.1) is 16.6 Å². The molecule has 1 N–H and O–H groups in total. The van der Waals surface area contributed by atoms with Gasteiger partial charge in [0.2, 0.25) is 0 Å². The van der Waals surface area contributed by atoms with Crippen molar-refractivity contribution >= 4 is 11.6 Å². The SMILES string of the molecule is O=C(NC1CCCCC1)c1cc([N+](=O)[O-])ccc1OC1CCCCC1. The number of amides is 1. The number of nitro groups is 1. The minimum Gasteiger partial charge on any atom is -0.490 e. The van der Waals surface area contributed by atoms with Gasteiger partial charge in [0.15, 0.2) is 0 Å². The molecule has 0 aromatic heterocycles. The highest BCUT2D eigenvalue weighted by Gasteiger charge is 2.24. The Hall–Kier alpha value is -2.11. The standard InChI is InChI=1S/C19H26N2O4/c22-19(20-14-7-3-1-4-8-14)17-13-15(21(23)24)11-12-18(17)25-16-9-5-2-6-10-16/h11-14,16H,1-10H2,(H,20,22). The van der Waals surface area contributed by atoms with Gasteiger partial charge in [0.25, 0.3) is 11.6 Å². The van der Waals surface area contributed by atoms with Crippen molar-refractivity contribution in [3.05, 3.63) is 33.9 Å². The maximum absolute atomic E-state index is 12.7. The lowest BCUT2D eigenvalue weighted by Crippen LogP contribution is -2.36. The number of nitrogens with zero attached hydrogens (tertiary/aromatic N) is 1. The number of ether oxygens (including phenoxy) is 1. The summed E-state index contributed by atoms with van der Waals surface area (Å²) in [5.74, 6) is 0.201. The lowest BCUT2D eigenvalue weighted by atomic mass is 9.95. The van der Waals surface area contributed by atoms with E-state index in [0.717, 1.165) is 51.4 Å². The number of carbonyl (C=O) groups is 1. The second-order valence-corrected chi connectivity index (χ2v) is 7.12. The number of hydrogen-bond acceptors (Lipinski definition) is 4. The summed E-state index contributed by atoms with van der Waals surface area (Å²) in [6, 6.07) is 4.48. The predicted molar refractivity (Wildman–Crippen MR) is 94.9 cm³/mol. The Labute approximate surface area is 148 Å². The van der Waals surface area contributed by atoms with Crippen LogP contribution in [0.25, 0.3) is 0 Å². The van der Waals surface area contributed by atoms with Crippen LogP contribution in [0.5, 0.6) is 5.75 Å². The van der Waals surface area contributed by atoms with E-state index < -0.39 is 4.92 Å². The van der Waals surface area contributed by atoms with Crippen molar-refractivity contribution in [2.45, 2.75) is 76.4 Å². The highest BCUT2D eigenvalue weighted by molar-refractivity contribution is 5.97. The minimum atomic E-state index is -0.470. The molecule has 1 aromatic carbocycles. The second kappa shape index (κ2) is 8.32. The predicted octanol–water partition coefficient (Wildman–Crippen LogP) is 4.37. The van der Waals surface area contributed by atoms with Crippen LogP contribution in [0, 0.1) is 10.1 Å². The Kier molecular flexibility index (Phi) is 5.89. The van der Waals surface area contributed by atoms with Gasteiger partial charge in [-0.3, -0.25) is 14.9 Å². The number of non-ortho nitro benzene ring substituents is 1. The van der Waals surface area contributed by atoms with Crippen LogP contribution in [0.1, 0.15) is 74.6 Å². The van der Waals surface area contributed by atoms with Crippen molar-refractivity contribution in [1.29, 1.82) is 0 Å². The van der Waals surface area contributed by atoms with Crippen molar-refractivity contribution in [3.63, 3.8) is 0 Å². The molecule has 2 aliphatic carbocycles. The first-order chi connectivity index (χ1) is 12.1. The molecule has 3 rings (SSSR count). The van der Waals surface area contributed by atoms with Crippen LogP contribution in [-0.2, 0) is 0 Å². The first-order valence-corrected chi connectivity index (χ1v) is 9.39. The fourth-order valence-corrected chi connectivity index (χ4v) is 3.78. The monoisotopic (exact) mass is 346 g/mol. The molecule has 2 aliphatic rings. The van der Waals surface area contributed by atoms with Crippen molar-refractivity contribution in [3.8, 4) is 5.75 Å². The molecule has 0 unspecified atom stereocenters. The van der Waals surface area contributed by atoms with Gasteiger partial charge in [-0.1, -0.05) is 25.7 Å². The summed E-state index contributed by atoms with van der Waals surface area (Å²) in [6.45, 7) is 0. The summed E-state index contributed by atoms with van der Waals surface area (Å²) in [6.07, 6.45) is 10.9. The maximum Gasteiger partial charge on any atom is 0.270 e. The third-order valence-corrected chi connectivity index (χ3v) is 5.20. The van der Waals surface area contributed by atoms with Crippen LogP contribution in [0.2, 0.25) is 0 Å². The number of carbonyl (C=O) groups excluding carboxylic acids is 1. The highest BCUT2D eigenvalue weighted by atomic mass is 16.6. The van der Waals surface area contributed by atoms with E-state index in [-0.39, 0.29) is 29.3 Å². The Bertz CT molecular complexity index is 620. The van der Waals surface area contributed by atoms with Crippen LogP contribution in [0.4, 0.5) is 5.69 Å². The quantitative estimate of drug-likeness (QED) is 0.634. The largest absolute Gasteiger partial charge is 0.490 e. The molecule has 0 spiro atoms. The molecule has 6 nitrogen and oxygen atoms in total. The molecule has 0 radical (unpaired) electrons. The van der Waals surface area contributed by atoms with E-state index >= 15 is 0 Å². The molecule has 1 amide bonds. The van der Waals surface area contributed by atoms with Gasteiger partial charge < -0.3 is 10.1 Å². The molecular formula is C19H26N2O4. The average Bonchev–Trinajstić information content (AvgIpc) is 2.63. The fraction of sp³-hybridized carbons (Fsp3) is 0.632. The van der Waals surface area contributed by atoms with Gasteiger partial charge in [-0.2, -0.15) is 0 Å². The van der Waals surface area contributed by atoms with E-state index in [1.165, 1.54) is 25.0 Å². The summed E-state index contributed by atoms with van der Waals surface area (Å²) in [4.78, 5) is 23.4. The van der Waals surface area contributed by atoms with Gasteiger partial charge in [0.1, 0.15) is 5.75 Å². The first kappa shape index (κ1) is 17.7. The van der Waals surface area contributed by atoms with E-state index in [9.17, 15) is 14.9 Å². The Morgan fingerprint density at radius 2 is 1.68 bits per heavy atom. The highest BCUT2D eigenvalue weighted by Crippen LogP contribution is 2.29. The Morgan fingerprint density at radius 1 is 1.04 bits per heavy atom. The van der Waals surface area contributed by atoms with E-state index in [2.05, 4.69) is 5.32 Å². The Balaban J connectivity index is 1.78. The summed E-state index contributed by atoms with van der Waals surface area (Å²) in [5.41, 5.74) is 0.204. The molecular weight excluding hydrogens is 320 g/mol. The average molecular weight is 346 g/mol. The Morgan fingerprint density at radius 3 is 2.32 bits per heavy atom. The molecule has 2 fully saturated rings. The minimum absolute atomic E-state index is 0.0789. The van der Waals surface area contributed by atoms with Crippen molar-refractivity contribution in [2.75, 3.05) is 0 Å². The van der Waals surface area contributed by atoms with E-state index in [1.807, 2.05) is 0 Å². The molecule has 136 valence electrons. The van der Waals surface area contributed by atoms with Crippen LogP contribution in [0.3, 0.4) is 0 Å². The van der Waals surface area contributed by atoms with Crippen molar-refractivity contribution in [1.82, 2.24) is 5.32 Å². The smallest absolute Gasteiger partial charge is 0.270 e. The van der Waals surface area contributed by atoms with E-state index in [4.69, 9.17) is 4.74 Å². The van der Waals surface area contributed by atoms with Gasteiger partial charge in [-0.25, -0.2) is 0 Å². The normalized spacial score (nSPS) is 19.4. The molecule has 25 heavy (non-hydrogen) atoms. The third kappa shape index (κ3) is 4.71. The molecule has 0 aliphatic heterocycles. The zero-order chi connectivity index (χ0) is 17.6. The van der Waals surface area contributed by atoms with Gasteiger partial charge >= 0.3 is 0 Å². The van der Waals surface area contributed by atoms with Crippen molar-refractivity contribution < 1.29 is 14.5 Å². The molecule has 0 heterocycles. The number of benzene rings is 1. The lowest BCUT2D eigenvalue weighted by molar-refractivity contribution is -0.384. The first-order valence-electron chi connectivity index (χ1n) is 9.39. The van der Waals surface area contributed by atoms with Crippen LogP contribution in [0.15, 0.2) is 18.2 Å². The lowest BCUT2D eigenvalue weighted by Gasteiger charge is -2.25. The van der Waals surface area contributed by atoms with Gasteiger partial charge in [0, 0.05) is 18.2 Å². The molecule has 0 atom stereocenters. The van der Waals surface area contributed by atoms with Crippen LogP contribution >= 0.6 is 0 Å². The third-order valence-electron chi connectivity index (χ3n) is 5.20. The zero-order valence-electron chi connectivity index (χ0n) is 14.5. The summed E-state index contributed by atoms with van der Waals surface area (Å²) in [7, 11) is 0. The fourth-order valence-electron chi connectivity index (χ4n) is 3.78. The number of hydrogen-bond donors (Lipinski definition) is 1. The van der Waals surface area contributed by atoms with Crippen LogP contribution < -0.4 is 10.1 Å². The molecule has 6 heteroatoms. The number of rotatable bonds is 5. The van der Waals surface area contributed by atoms with E-state index in [0.29, 0.717) is 5.75 Å². The molecule has 0 bridgehead atoms. The van der Waals surface area contributed by atoms with Crippen molar-refractivity contribution in [2.24, 2.45) is 0 Å². The van der Waals surface area contributed by atoms with Crippen LogP contribution in [-0.4, -0.2) is 23.0 Å². The van der Waals surface area contributed by atoms with Gasteiger partial charge in [-0.05, 0) is 44.6 Å². The number of nitro benzene ring substituents is 1. The summed E-state index contributed by atoms with van der Waals surface area (Å²) >= 11 is 0. The summed E-state index contributed by atoms with van der Waals surface area (Å²) < 4.78 is 6.05. The molecule has 2 saturated carbocycles. The van der Waals surface area contributed by atoms with E-state index in [1.54, 1.807) is 6.07 Å². The topological polar surface area (TPSA) is 81.5 Å². The maximum atomic E-state index is 12.7.